The lowest BCUT2D eigenvalue weighted by Gasteiger charge is -2.24. The highest BCUT2D eigenvalue weighted by atomic mass is 16.5. The molecule has 0 aliphatic carbocycles. The van der Waals surface area contributed by atoms with Gasteiger partial charge in [-0.15, -0.1) is 0 Å². The SMILES string of the molecule is CC(=O)/C(C#N)=C/c1[nH]c2c(N)ncnc2c1CCCO.CNC(=O)/C(C#N)=C/c1ccc2[nH]nc(-c3cc(OC)c(OC)c(OC)c3)c2c1.COc1cc(-c2n[nH]c3ccc(/C=C(\C#N)C(=O)N(C)C)cc23)cc(OC)c1OC.COc1cc(-c2n[nH]c3ccc(/C=C(\C#N)C(N)=O)cc23)cc(OC)c1OC.[C-]#[N+]/C(=C\c1c(-c2ccc(C)cc2)c2c(N)ncnc2n1CCCO)C(=O)NC(C)(C)CC. The van der Waals surface area contributed by atoms with Crippen LogP contribution in [0.1, 0.15) is 86.2 Å². The number of nitrogens with zero attached hydrogens (tertiary/aromatic N) is 14. The molecule has 14 aromatic rings. The van der Waals surface area contributed by atoms with Gasteiger partial charge < -0.3 is 95.1 Å². The second-order valence-corrected chi connectivity index (χ2v) is 31.7. The number of carbonyl (C=O) groups is 5. The predicted octanol–water partition coefficient (Wildman–Crippen LogP) is 13.7. The van der Waals surface area contributed by atoms with Crippen LogP contribution in [0.5, 0.6) is 51.7 Å². The average Bonchev–Trinajstić information content (AvgIpc) is 1.58. The summed E-state index contributed by atoms with van der Waals surface area (Å²) in [7, 11) is 18.6. The number of aryl methyl sites for hydroxylation is 3. The first-order chi connectivity index (χ1) is 67.8. The van der Waals surface area contributed by atoms with Crippen molar-refractivity contribution in [1.82, 2.24) is 75.6 Å². The number of allylic oxidation sites excluding steroid dienone is 1. The summed E-state index contributed by atoms with van der Waals surface area (Å²) < 4.78 is 50.5. The Kier molecular flexibility index (Phi) is 35.8. The average molecular weight is 1910 g/mol. The number of hydrogen-bond donors (Lipinski definition) is 11. The quantitative estimate of drug-likeness (QED) is 0.0109. The minimum Gasteiger partial charge on any atom is -0.493 e. The first-order valence-electron chi connectivity index (χ1n) is 43.3. The molecule has 4 amide bonds. The highest BCUT2D eigenvalue weighted by Gasteiger charge is 2.28. The van der Waals surface area contributed by atoms with Gasteiger partial charge in [0.05, 0.1) is 104 Å². The molecule has 0 bridgehead atoms. The molecule has 0 saturated carbocycles. The Balaban J connectivity index is 0.000000182. The molecule has 0 radical (unpaired) electrons. The van der Waals surface area contributed by atoms with Crippen LogP contribution >= 0.6 is 0 Å². The molecule has 141 heavy (non-hydrogen) atoms. The Morgan fingerprint density at radius 2 is 0.972 bits per heavy atom. The second kappa shape index (κ2) is 48.2. The number of aromatic nitrogens is 12. The van der Waals surface area contributed by atoms with Gasteiger partial charge in [0.1, 0.15) is 87.7 Å². The van der Waals surface area contributed by atoms with Gasteiger partial charge >= 0.3 is 0 Å². The van der Waals surface area contributed by atoms with Gasteiger partial charge in [0.15, 0.2) is 46.1 Å². The number of fused-ring (bicyclic) bond motifs is 5. The van der Waals surface area contributed by atoms with E-state index in [-0.39, 0.29) is 52.9 Å². The van der Waals surface area contributed by atoms with Gasteiger partial charge in [-0.3, -0.25) is 39.3 Å². The van der Waals surface area contributed by atoms with Crippen LogP contribution in [0.25, 0.3) is 135 Å². The molecule has 14 N–H and O–H groups in total. The van der Waals surface area contributed by atoms with E-state index in [1.165, 1.54) is 56.9 Å². The standard InChI is InChI=1S/C25H30N6O2.C22H22N4O4.C21H20N4O4.C20H18N4O4.C14H15N5O2/c1-6-25(3,4)30-24(33)18(27-5)14-19-20(17-10-8-16(2)9-11-17)21-22(26)28-15-29-23(21)31(19)12-7-13-32;1-26(2)22(27)15(12-23)8-13-6-7-17-16(9-13)20(25-24-17)14-10-18(28-3)21(30-5)19(11-14)29-4;1-23-21(26)14(11-22)7-12-5-6-16-15(8-12)19(25-24-16)13-9-17(27-2)20(29-4)18(10-13)28-3;1-26-16-8-12(9-17(27-2)19(16)28-3)18-14-7-11(4-5-15(14)23-24-18)6-13(10-21)20(22)25;1-8(21)9(6-15)5-11-10(3-2-4-20)12-13(19-11)14(16)18-7-17-12/h8-11,14-15,32H,6-7,12-13H2,1-4H3,(H,30,33)(H2,26,28,29);6-11H,1-5H3,(H,24,25);5-10H,1-4H3,(H,23,26)(H,24,25);4-9H,1-3H3,(H2,22,25)(H,23,24);5,7,19-20H,2-4H2,1H3,(H2,16,17,18)/b18-14-;15-8+;14-7+;13-6+;9-5+. The van der Waals surface area contributed by atoms with Gasteiger partial charge in [0.2, 0.25) is 17.2 Å². The van der Waals surface area contributed by atoms with E-state index in [1.54, 1.807) is 113 Å². The largest absolute Gasteiger partial charge is 0.493 e. The summed E-state index contributed by atoms with van der Waals surface area (Å²) in [6.45, 7) is 17.3. The number of amides is 4. The summed E-state index contributed by atoms with van der Waals surface area (Å²) >= 11 is 0. The first kappa shape index (κ1) is 105. The molecule has 7 aromatic carbocycles. The Morgan fingerprint density at radius 1 is 0.546 bits per heavy atom. The molecule has 0 spiro atoms. The number of rotatable bonds is 31. The molecule has 14 rings (SSSR count). The normalized spacial score (nSPS) is 11.4. The van der Waals surface area contributed by atoms with E-state index in [9.17, 15) is 39.6 Å². The fraction of sp³-hybridized carbons (Fsp3) is 0.245. The summed E-state index contributed by atoms with van der Waals surface area (Å²) in [6.07, 6.45) is 12.6. The monoisotopic (exact) mass is 1910 g/mol. The van der Waals surface area contributed by atoms with Gasteiger partial charge in [0, 0.05) is 102 Å². The minimum absolute atomic E-state index is 0.00981. The lowest BCUT2D eigenvalue weighted by molar-refractivity contribution is -0.124. The van der Waals surface area contributed by atoms with Crippen molar-refractivity contribution in [2.45, 2.75) is 72.4 Å². The number of methoxy groups -OCH3 is 9. The zero-order chi connectivity index (χ0) is 103. The number of hydrogen-bond acceptors (Lipinski definition) is 29. The van der Waals surface area contributed by atoms with Crippen molar-refractivity contribution in [3.63, 3.8) is 0 Å². The van der Waals surface area contributed by atoms with Gasteiger partial charge in [-0.25, -0.2) is 24.8 Å². The zero-order valence-electron chi connectivity index (χ0n) is 80.6. The molecule has 7 heterocycles. The maximum absolute atomic E-state index is 13.0. The minimum atomic E-state index is -0.778. The summed E-state index contributed by atoms with van der Waals surface area (Å²) in [5.74, 6) is 2.82. The van der Waals surface area contributed by atoms with Crippen LogP contribution in [0.3, 0.4) is 0 Å². The summed E-state index contributed by atoms with van der Waals surface area (Å²) in [5.41, 5.74) is 32.1. The fourth-order valence-electron chi connectivity index (χ4n) is 14.6. The second-order valence-electron chi connectivity index (χ2n) is 31.7. The smallest absolute Gasteiger partial charge is 0.264 e. The van der Waals surface area contributed by atoms with Crippen LogP contribution in [0.2, 0.25) is 0 Å². The van der Waals surface area contributed by atoms with Crippen molar-refractivity contribution in [1.29, 1.82) is 21.0 Å². The number of benzene rings is 7. The van der Waals surface area contributed by atoms with Crippen molar-refractivity contribution >= 4 is 126 Å². The number of nitrogens with two attached hydrogens (primary N) is 3. The Hall–Kier alpha value is -18.4. The number of H-pyrrole nitrogens is 4. The molecule has 0 aliphatic heterocycles. The molecule has 0 unspecified atom stereocenters. The van der Waals surface area contributed by atoms with Crippen LogP contribution in [0.15, 0.2) is 156 Å². The van der Waals surface area contributed by atoms with E-state index in [4.69, 9.17) is 82.0 Å². The van der Waals surface area contributed by atoms with E-state index in [2.05, 4.69) is 71.0 Å². The van der Waals surface area contributed by atoms with E-state index in [0.29, 0.717) is 156 Å². The van der Waals surface area contributed by atoms with Crippen molar-refractivity contribution < 1.29 is 76.8 Å². The molecule has 39 nitrogen and oxygen atoms in total. The number of nitrogen functional groups attached to an aromatic ring is 2. The number of primary amides is 1. The maximum Gasteiger partial charge on any atom is 0.264 e. The number of ether oxygens (including phenoxy) is 9. The first-order valence-corrected chi connectivity index (χ1v) is 43.3. The molecule has 0 saturated heterocycles. The lowest BCUT2D eigenvalue weighted by Crippen LogP contribution is -2.43. The number of anilines is 2. The van der Waals surface area contributed by atoms with Gasteiger partial charge in [-0.05, 0) is 179 Å². The van der Waals surface area contributed by atoms with Crippen LogP contribution < -0.4 is 70.5 Å². The number of likely N-dealkylation sites (N-methyl/N-ethyl adjacent to an activating group) is 2. The lowest BCUT2D eigenvalue weighted by atomic mass is 10.00. The van der Waals surface area contributed by atoms with Crippen LogP contribution in [0, 0.1) is 58.8 Å². The van der Waals surface area contributed by atoms with Crippen molar-refractivity contribution in [2.24, 2.45) is 5.73 Å². The number of aliphatic hydroxyl groups excluding tert-OH is 2. The van der Waals surface area contributed by atoms with Crippen molar-refractivity contribution in [2.75, 3.05) is 110 Å². The Labute approximate surface area is 810 Å². The third-order valence-corrected chi connectivity index (χ3v) is 22.1. The van der Waals surface area contributed by atoms with Gasteiger partial charge in [-0.1, -0.05) is 55.0 Å². The van der Waals surface area contributed by atoms with E-state index in [1.807, 2.05) is 141 Å². The summed E-state index contributed by atoms with van der Waals surface area (Å²) in [5, 5.41) is 85.8. The number of nitriles is 4. The molecular weight excluding hydrogens is 1800 g/mol. The van der Waals surface area contributed by atoms with Gasteiger partial charge in [0.25, 0.3) is 29.3 Å². The molecular formula is C102H105N23O16. The van der Waals surface area contributed by atoms with Crippen molar-refractivity contribution in [3.05, 3.63) is 207 Å². The molecule has 0 aliphatic rings. The molecule has 7 aromatic heterocycles. The number of aliphatic hydroxyl groups is 2. The zero-order valence-corrected chi connectivity index (χ0v) is 80.6. The third-order valence-electron chi connectivity index (χ3n) is 22.1. The van der Waals surface area contributed by atoms with Crippen LogP contribution in [0.4, 0.5) is 11.6 Å². The highest BCUT2D eigenvalue weighted by molar-refractivity contribution is 6.09. The van der Waals surface area contributed by atoms with Gasteiger partial charge in [-0.2, -0.15) is 36.3 Å². The molecule has 39 heteroatoms. The topological polar surface area (TPSA) is 572 Å². The van der Waals surface area contributed by atoms with Crippen molar-refractivity contribution in [3.8, 4) is 121 Å². The van der Waals surface area contributed by atoms with E-state index in [0.717, 1.165) is 78.1 Å². The molecule has 0 fully saturated rings. The number of ketones is 1. The maximum atomic E-state index is 13.0. The highest BCUT2D eigenvalue weighted by Crippen LogP contribution is 2.47. The van der Waals surface area contributed by atoms with E-state index < -0.39 is 23.3 Å². The summed E-state index contributed by atoms with van der Waals surface area (Å²) in [6, 6.07) is 42.8. The Bertz CT molecular complexity index is 7360. The predicted molar refractivity (Wildman–Crippen MR) is 535 cm³/mol. The number of aromatic amines is 4. The summed E-state index contributed by atoms with van der Waals surface area (Å²) in [4.78, 5) is 84.3. The van der Waals surface area contributed by atoms with Crippen LogP contribution in [-0.4, -0.2) is 208 Å². The molecule has 0 atom stereocenters. The third kappa shape index (κ3) is 24.3. The Morgan fingerprint density at radius 3 is 1.35 bits per heavy atom. The number of Topliss-reactive ketones (excluding diaryl/α,β-unsaturated/α-hetero) is 1. The van der Waals surface area contributed by atoms with E-state index >= 15 is 0 Å². The van der Waals surface area contributed by atoms with Crippen LogP contribution in [-0.2, 0) is 36.9 Å². The number of nitrogens with one attached hydrogen (secondary N) is 6. The molecule has 724 valence electrons. The number of carbonyl (C=O) groups excluding carboxylic acids is 5. The fourth-order valence-corrected chi connectivity index (χ4v) is 14.6.